The molecule has 0 aliphatic rings. The number of aliphatic carboxylic acids is 1. The first-order valence-corrected chi connectivity index (χ1v) is 5.69. The minimum atomic E-state index is -1.17. The first-order chi connectivity index (χ1) is 8.36. The zero-order valence-electron chi connectivity index (χ0n) is 10.9. The van der Waals surface area contributed by atoms with Gasteiger partial charge in [-0.05, 0) is 6.42 Å². The van der Waals surface area contributed by atoms with Gasteiger partial charge in [-0.15, -0.1) is 0 Å². The van der Waals surface area contributed by atoms with Crippen molar-refractivity contribution in [2.45, 2.75) is 38.8 Å². The summed E-state index contributed by atoms with van der Waals surface area (Å²) < 4.78 is 4.41. The molecule has 0 saturated carbocycles. The fraction of sp³-hybridized carbons (Fsp3) is 0.727. The number of carbonyl (C=O) groups is 3. The first kappa shape index (κ1) is 16.4. The van der Waals surface area contributed by atoms with Crippen LogP contribution in [-0.2, 0) is 19.1 Å². The highest BCUT2D eigenvalue weighted by molar-refractivity contribution is 5.85. The van der Waals surface area contributed by atoms with Crippen LogP contribution in [0.25, 0.3) is 0 Å². The SMILES string of the molecule is COC(=O)CCC(NC(=O)CNC(C)C)C(=O)O. The highest BCUT2D eigenvalue weighted by atomic mass is 16.5. The lowest BCUT2D eigenvalue weighted by atomic mass is 10.1. The van der Waals surface area contributed by atoms with E-state index in [1.165, 1.54) is 7.11 Å². The Balaban J connectivity index is 4.15. The summed E-state index contributed by atoms with van der Waals surface area (Å²) in [5.74, 6) is -2.09. The van der Waals surface area contributed by atoms with E-state index in [0.717, 1.165) is 0 Å². The number of carbonyl (C=O) groups excluding carboxylic acids is 2. The number of methoxy groups -OCH3 is 1. The minimum absolute atomic E-state index is 0.00935. The predicted octanol–water partition coefficient (Wildman–Crippen LogP) is -0.493. The van der Waals surface area contributed by atoms with Crippen LogP contribution in [0.15, 0.2) is 0 Å². The monoisotopic (exact) mass is 260 g/mol. The molecule has 0 radical (unpaired) electrons. The number of carboxylic acids is 1. The van der Waals surface area contributed by atoms with Gasteiger partial charge in [-0.3, -0.25) is 9.59 Å². The Morgan fingerprint density at radius 1 is 1.28 bits per heavy atom. The Morgan fingerprint density at radius 2 is 1.89 bits per heavy atom. The third kappa shape index (κ3) is 7.61. The second-order valence-electron chi connectivity index (χ2n) is 4.11. The van der Waals surface area contributed by atoms with Crippen molar-refractivity contribution in [3.8, 4) is 0 Å². The van der Waals surface area contributed by atoms with E-state index in [-0.39, 0.29) is 25.4 Å². The van der Waals surface area contributed by atoms with Gasteiger partial charge in [-0.2, -0.15) is 0 Å². The number of rotatable bonds is 8. The third-order valence-corrected chi connectivity index (χ3v) is 2.17. The van der Waals surface area contributed by atoms with Crippen LogP contribution in [0.1, 0.15) is 26.7 Å². The van der Waals surface area contributed by atoms with Gasteiger partial charge in [0.15, 0.2) is 0 Å². The number of ether oxygens (including phenoxy) is 1. The summed E-state index contributed by atoms with van der Waals surface area (Å²) in [5, 5.41) is 14.1. The number of amides is 1. The molecule has 0 aliphatic heterocycles. The summed E-state index contributed by atoms with van der Waals surface area (Å²) in [6.45, 7) is 3.79. The van der Waals surface area contributed by atoms with Crippen molar-refractivity contribution >= 4 is 17.8 Å². The van der Waals surface area contributed by atoms with Gasteiger partial charge in [0.25, 0.3) is 0 Å². The molecular formula is C11H20N2O5. The third-order valence-electron chi connectivity index (χ3n) is 2.17. The molecule has 0 aromatic heterocycles. The van der Waals surface area contributed by atoms with Crippen molar-refractivity contribution in [1.82, 2.24) is 10.6 Å². The molecular weight excluding hydrogens is 240 g/mol. The Kier molecular flexibility index (Phi) is 7.69. The van der Waals surface area contributed by atoms with Crippen molar-refractivity contribution in [1.29, 1.82) is 0 Å². The molecule has 0 saturated heterocycles. The summed E-state index contributed by atoms with van der Waals surface area (Å²) in [7, 11) is 1.23. The Labute approximate surface area is 106 Å². The summed E-state index contributed by atoms with van der Waals surface area (Å²) in [6, 6.07) is -0.945. The maximum atomic E-state index is 11.4. The Hall–Kier alpha value is -1.63. The fourth-order valence-corrected chi connectivity index (χ4v) is 1.16. The van der Waals surface area contributed by atoms with E-state index >= 15 is 0 Å². The van der Waals surface area contributed by atoms with E-state index in [1.54, 1.807) is 0 Å². The Morgan fingerprint density at radius 3 is 2.33 bits per heavy atom. The van der Waals surface area contributed by atoms with E-state index in [9.17, 15) is 14.4 Å². The number of carboxylic acid groups (broad SMARTS) is 1. The van der Waals surface area contributed by atoms with Crippen LogP contribution in [-0.4, -0.2) is 48.7 Å². The normalized spacial score (nSPS) is 12.0. The van der Waals surface area contributed by atoms with Crippen LogP contribution in [0.4, 0.5) is 0 Å². The fourth-order valence-electron chi connectivity index (χ4n) is 1.16. The summed E-state index contributed by atoms with van der Waals surface area (Å²) in [4.78, 5) is 33.2. The first-order valence-electron chi connectivity index (χ1n) is 5.69. The summed E-state index contributed by atoms with van der Waals surface area (Å²) in [6.07, 6.45) is -0.0409. The lowest BCUT2D eigenvalue weighted by molar-refractivity contribution is -0.144. The minimum Gasteiger partial charge on any atom is -0.480 e. The molecule has 0 bridgehead atoms. The van der Waals surface area contributed by atoms with E-state index in [4.69, 9.17) is 5.11 Å². The topological polar surface area (TPSA) is 105 Å². The van der Waals surface area contributed by atoms with E-state index in [0.29, 0.717) is 0 Å². The van der Waals surface area contributed by atoms with Crippen molar-refractivity contribution in [2.24, 2.45) is 0 Å². The maximum Gasteiger partial charge on any atom is 0.326 e. The predicted molar refractivity (Wildman–Crippen MR) is 64.0 cm³/mol. The molecule has 1 amide bonds. The summed E-state index contributed by atoms with van der Waals surface area (Å²) in [5.41, 5.74) is 0. The number of hydrogen-bond acceptors (Lipinski definition) is 5. The highest BCUT2D eigenvalue weighted by Crippen LogP contribution is 1.99. The standard InChI is InChI=1S/C11H20N2O5/c1-7(2)12-6-9(14)13-8(11(16)17)4-5-10(15)18-3/h7-8,12H,4-6H2,1-3H3,(H,13,14)(H,16,17). The molecule has 0 aliphatic carbocycles. The van der Waals surface area contributed by atoms with E-state index in [2.05, 4.69) is 15.4 Å². The van der Waals surface area contributed by atoms with Crippen molar-refractivity contribution in [2.75, 3.05) is 13.7 Å². The second-order valence-corrected chi connectivity index (χ2v) is 4.11. The maximum absolute atomic E-state index is 11.4. The van der Waals surface area contributed by atoms with E-state index < -0.39 is 23.9 Å². The zero-order chi connectivity index (χ0) is 14.1. The molecule has 18 heavy (non-hydrogen) atoms. The van der Waals surface area contributed by atoms with Gasteiger partial charge in [0.05, 0.1) is 13.7 Å². The molecule has 7 nitrogen and oxygen atoms in total. The molecule has 0 rings (SSSR count). The Bertz CT molecular complexity index is 304. The molecule has 0 fully saturated rings. The van der Waals surface area contributed by atoms with Crippen LogP contribution in [0, 0.1) is 0 Å². The second kappa shape index (κ2) is 8.46. The van der Waals surface area contributed by atoms with Crippen LogP contribution < -0.4 is 10.6 Å². The quantitative estimate of drug-likeness (QED) is 0.508. The lowest BCUT2D eigenvalue weighted by Crippen LogP contribution is -2.45. The molecule has 3 N–H and O–H groups in total. The molecule has 104 valence electrons. The van der Waals surface area contributed by atoms with Crippen LogP contribution in [0.2, 0.25) is 0 Å². The number of hydrogen-bond donors (Lipinski definition) is 3. The van der Waals surface area contributed by atoms with Crippen molar-refractivity contribution in [3.05, 3.63) is 0 Å². The molecule has 0 spiro atoms. The van der Waals surface area contributed by atoms with Gasteiger partial charge in [0, 0.05) is 12.5 Å². The van der Waals surface area contributed by atoms with Crippen LogP contribution in [0.5, 0.6) is 0 Å². The average molecular weight is 260 g/mol. The molecule has 0 aromatic rings. The van der Waals surface area contributed by atoms with Crippen LogP contribution >= 0.6 is 0 Å². The van der Waals surface area contributed by atoms with Gasteiger partial charge >= 0.3 is 11.9 Å². The molecule has 1 unspecified atom stereocenters. The average Bonchev–Trinajstić information content (AvgIpc) is 2.30. The van der Waals surface area contributed by atoms with Crippen molar-refractivity contribution in [3.63, 3.8) is 0 Å². The van der Waals surface area contributed by atoms with Crippen molar-refractivity contribution < 1.29 is 24.2 Å². The van der Waals surface area contributed by atoms with Gasteiger partial charge in [-0.1, -0.05) is 13.8 Å². The molecule has 0 aromatic carbocycles. The number of esters is 1. The van der Waals surface area contributed by atoms with E-state index in [1.807, 2.05) is 13.8 Å². The molecule has 0 heterocycles. The summed E-state index contributed by atoms with van der Waals surface area (Å²) >= 11 is 0. The van der Waals surface area contributed by atoms with Crippen LogP contribution in [0.3, 0.4) is 0 Å². The number of nitrogens with one attached hydrogen (secondary N) is 2. The highest BCUT2D eigenvalue weighted by Gasteiger charge is 2.20. The zero-order valence-corrected chi connectivity index (χ0v) is 10.9. The largest absolute Gasteiger partial charge is 0.480 e. The lowest BCUT2D eigenvalue weighted by Gasteiger charge is -2.15. The smallest absolute Gasteiger partial charge is 0.326 e. The molecule has 7 heteroatoms. The van der Waals surface area contributed by atoms with Gasteiger partial charge in [0.2, 0.25) is 5.91 Å². The van der Waals surface area contributed by atoms with Gasteiger partial charge in [0.1, 0.15) is 6.04 Å². The molecule has 1 atom stereocenters. The van der Waals surface area contributed by atoms with Gasteiger partial charge < -0.3 is 20.5 Å². The van der Waals surface area contributed by atoms with Gasteiger partial charge in [-0.25, -0.2) is 4.79 Å².